The van der Waals surface area contributed by atoms with Gasteiger partial charge in [-0.2, -0.15) is 0 Å². The number of rotatable bonds is 6. The smallest absolute Gasteiger partial charge is 0.287 e. The van der Waals surface area contributed by atoms with Gasteiger partial charge in [0.2, 0.25) is 0 Å². The van der Waals surface area contributed by atoms with Crippen LogP contribution in [0.4, 0.5) is 0 Å². The Hall–Kier alpha value is -2.72. The van der Waals surface area contributed by atoms with Gasteiger partial charge in [0, 0.05) is 11.6 Å². The zero-order chi connectivity index (χ0) is 16.8. The van der Waals surface area contributed by atoms with Crippen LogP contribution in [0, 0.1) is 0 Å². The third-order valence-corrected chi connectivity index (χ3v) is 3.63. The van der Waals surface area contributed by atoms with Crippen LogP contribution in [0.5, 0.6) is 5.75 Å². The highest BCUT2D eigenvalue weighted by Crippen LogP contribution is 2.14. The minimum Gasteiger partial charge on any atom is -0.486 e. The summed E-state index contributed by atoms with van der Waals surface area (Å²) in [4.78, 5) is 12.1. The fourth-order valence-electron chi connectivity index (χ4n) is 2.12. The SMILES string of the molecule is O=C(NCc1ccc(Cl)cc1)c1ccc(COc2ccccc2)o1. The van der Waals surface area contributed by atoms with Crippen LogP contribution in [0.1, 0.15) is 21.9 Å². The Labute approximate surface area is 145 Å². The van der Waals surface area contributed by atoms with Gasteiger partial charge in [-0.15, -0.1) is 0 Å². The molecule has 4 nitrogen and oxygen atoms in total. The predicted molar refractivity (Wildman–Crippen MR) is 92.1 cm³/mol. The molecule has 1 aromatic heterocycles. The molecule has 122 valence electrons. The Bertz CT molecular complexity index is 797. The topological polar surface area (TPSA) is 51.5 Å². The Morgan fingerprint density at radius 2 is 1.75 bits per heavy atom. The number of hydrogen-bond donors (Lipinski definition) is 1. The molecule has 0 fully saturated rings. The van der Waals surface area contributed by atoms with E-state index in [1.54, 1.807) is 24.3 Å². The summed E-state index contributed by atoms with van der Waals surface area (Å²) in [6.07, 6.45) is 0. The highest BCUT2D eigenvalue weighted by molar-refractivity contribution is 6.30. The summed E-state index contributed by atoms with van der Waals surface area (Å²) in [7, 11) is 0. The second-order valence-electron chi connectivity index (χ2n) is 5.18. The molecule has 3 aromatic rings. The van der Waals surface area contributed by atoms with Crippen molar-refractivity contribution in [1.82, 2.24) is 5.32 Å². The quantitative estimate of drug-likeness (QED) is 0.721. The molecule has 0 atom stereocenters. The van der Waals surface area contributed by atoms with E-state index in [1.807, 2.05) is 42.5 Å². The number of carbonyl (C=O) groups excluding carboxylic acids is 1. The second-order valence-corrected chi connectivity index (χ2v) is 5.61. The molecule has 0 saturated carbocycles. The van der Waals surface area contributed by atoms with Gasteiger partial charge in [-0.25, -0.2) is 0 Å². The molecule has 1 amide bonds. The van der Waals surface area contributed by atoms with Crippen molar-refractivity contribution >= 4 is 17.5 Å². The number of furan rings is 1. The van der Waals surface area contributed by atoms with Crippen molar-refractivity contribution in [2.24, 2.45) is 0 Å². The lowest BCUT2D eigenvalue weighted by Gasteiger charge is -2.04. The number of benzene rings is 2. The molecular weight excluding hydrogens is 326 g/mol. The van der Waals surface area contributed by atoms with E-state index in [2.05, 4.69) is 5.32 Å². The van der Waals surface area contributed by atoms with Crippen LogP contribution < -0.4 is 10.1 Å². The first-order chi connectivity index (χ1) is 11.7. The van der Waals surface area contributed by atoms with E-state index in [1.165, 1.54) is 0 Å². The van der Waals surface area contributed by atoms with Gasteiger partial charge < -0.3 is 14.5 Å². The van der Waals surface area contributed by atoms with Gasteiger partial charge in [0.05, 0.1) is 0 Å². The van der Waals surface area contributed by atoms with Crippen LogP contribution in [0.3, 0.4) is 0 Å². The van der Waals surface area contributed by atoms with E-state index >= 15 is 0 Å². The minimum absolute atomic E-state index is 0.260. The van der Waals surface area contributed by atoms with E-state index in [-0.39, 0.29) is 18.3 Å². The normalized spacial score (nSPS) is 10.4. The van der Waals surface area contributed by atoms with Crippen LogP contribution in [-0.4, -0.2) is 5.91 Å². The Morgan fingerprint density at radius 1 is 1.00 bits per heavy atom. The molecule has 5 heteroatoms. The summed E-state index contributed by atoms with van der Waals surface area (Å²) in [5.74, 6) is 1.34. The summed E-state index contributed by atoms with van der Waals surface area (Å²) in [6.45, 7) is 0.682. The Balaban J connectivity index is 1.52. The van der Waals surface area contributed by atoms with Crippen molar-refractivity contribution in [3.63, 3.8) is 0 Å². The van der Waals surface area contributed by atoms with E-state index < -0.39 is 0 Å². The molecular formula is C19H16ClNO3. The summed E-state index contributed by atoms with van der Waals surface area (Å²) in [6, 6.07) is 20.1. The molecule has 24 heavy (non-hydrogen) atoms. The average molecular weight is 342 g/mol. The van der Waals surface area contributed by atoms with Gasteiger partial charge in [0.25, 0.3) is 5.91 Å². The molecule has 2 aromatic carbocycles. The van der Waals surface area contributed by atoms with Gasteiger partial charge in [-0.05, 0) is 42.0 Å². The summed E-state index contributed by atoms with van der Waals surface area (Å²) < 4.78 is 11.1. The van der Waals surface area contributed by atoms with Crippen molar-refractivity contribution < 1.29 is 13.9 Å². The Kier molecular flexibility index (Phi) is 5.18. The molecule has 0 saturated heterocycles. The number of carbonyl (C=O) groups is 1. The van der Waals surface area contributed by atoms with Crippen molar-refractivity contribution in [2.45, 2.75) is 13.2 Å². The number of nitrogens with one attached hydrogen (secondary N) is 1. The molecule has 0 unspecified atom stereocenters. The monoisotopic (exact) mass is 341 g/mol. The third kappa shape index (κ3) is 4.40. The van der Waals surface area contributed by atoms with Gasteiger partial charge >= 0.3 is 0 Å². The molecule has 0 radical (unpaired) electrons. The molecule has 0 bridgehead atoms. The van der Waals surface area contributed by atoms with Crippen molar-refractivity contribution in [3.05, 3.63) is 88.8 Å². The van der Waals surface area contributed by atoms with E-state index in [0.29, 0.717) is 17.3 Å². The maximum absolute atomic E-state index is 12.1. The first-order valence-electron chi connectivity index (χ1n) is 7.50. The first kappa shape index (κ1) is 16.1. The molecule has 0 aliphatic heterocycles. The van der Waals surface area contributed by atoms with Crippen LogP contribution in [0.2, 0.25) is 5.02 Å². The lowest BCUT2D eigenvalue weighted by atomic mass is 10.2. The zero-order valence-corrected chi connectivity index (χ0v) is 13.6. The minimum atomic E-state index is -0.268. The van der Waals surface area contributed by atoms with E-state index in [9.17, 15) is 4.79 Å². The zero-order valence-electron chi connectivity index (χ0n) is 12.9. The van der Waals surface area contributed by atoms with Gasteiger partial charge in [0.1, 0.15) is 18.1 Å². The number of ether oxygens (including phenoxy) is 1. The molecule has 0 aliphatic rings. The molecule has 1 heterocycles. The van der Waals surface area contributed by atoms with Crippen LogP contribution in [-0.2, 0) is 13.2 Å². The van der Waals surface area contributed by atoms with Crippen molar-refractivity contribution in [2.75, 3.05) is 0 Å². The summed E-state index contributed by atoms with van der Waals surface area (Å²) in [5.41, 5.74) is 0.965. The lowest BCUT2D eigenvalue weighted by molar-refractivity contribution is 0.0919. The van der Waals surface area contributed by atoms with E-state index in [0.717, 1.165) is 11.3 Å². The number of amides is 1. The summed E-state index contributed by atoms with van der Waals surface area (Å²) in [5, 5.41) is 3.47. The standard InChI is InChI=1S/C19H16ClNO3/c20-15-8-6-14(7-9-15)12-21-19(22)18-11-10-17(24-18)13-23-16-4-2-1-3-5-16/h1-11H,12-13H2,(H,21,22). The number of hydrogen-bond acceptors (Lipinski definition) is 3. The maximum Gasteiger partial charge on any atom is 0.287 e. The average Bonchev–Trinajstić information content (AvgIpc) is 3.09. The van der Waals surface area contributed by atoms with Gasteiger partial charge in [0.15, 0.2) is 5.76 Å². The lowest BCUT2D eigenvalue weighted by Crippen LogP contribution is -2.22. The second kappa shape index (κ2) is 7.70. The van der Waals surface area contributed by atoms with Crippen molar-refractivity contribution in [1.29, 1.82) is 0 Å². The maximum atomic E-state index is 12.1. The molecule has 1 N–H and O–H groups in total. The Morgan fingerprint density at radius 3 is 2.50 bits per heavy atom. The van der Waals surface area contributed by atoms with Gasteiger partial charge in [-0.3, -0.25) is 4.79 Å². The summed E-state index contributed by atoms with van der Waals surface area (Å²) >= 11 is 5.83. The fraction of sp³-hybridized carbons (Fsp3) is 0.105. The number of para-hydroxylation sites is 1. The van der Waals surface area contributed by atoms with E-state index in [4.69, 9.17) is 20.8 Å². The van der Waals surface area contributed by atoms with Crippen LogP contribution >= 0.6 is 11.6 Å². The first-order valence-corrected chi connectivity index (χ1v) is 7.88. The molecule has 3 rings (SSSR count). The van der Waals surface area contributed by atoms with Crippen LogP contribution in [0.25, 0.3) is 0 Å². The predicted octanol–water partition coefficient (Wildman–Crippen LogP) is 4.44. The third-order valence-electron chi connectivity index (χ3n) is 3.38. The number of halogens is 1. The highest BCUT2D eigenvalue weighted by atomic mass is 35.5. The largest absolute Gasteiger partial charge is 0.486 e. The fourth-order valence-corrected chi connectivity index (χ4v) is 2.25. The molecule has 0 aliphatic carbocycles. The van der Waals surface area contributed by atoms with Gasteiger partial charge in [-0.1, -0.05) is 41.9 Å². The van der Waals surface area contributed by atoms with Crippen molar-refractivity contribution in [3.8, 4) is 5.75 Å². The molecule has 0 spiro atoms. The van der Waals surface area contributed by atoms with Crippen LogP contribution in [0.15, 0.2) is 71.1 Å². The highest BCUT2D eigenvalue weighted by Gasteiger charge is 2.11.